The SMILES string of the molecule is C=CCN(CC=C)C(=O)C1CC2CCCC(C1)C2N. The largest absolute Gasteiger partial charge is 0.335 e. The van der Waals surface area contributed by atoms with Crippen molar-refractivity contribution in [2.24, 2.45) is 23.5 Å². The number of fused-ring (bicyclic) bond motifs is 2. The van der Waals surface area contributed by atoms with Gasteiger partial charge in [-0.2, -0.15) is 0 Å². The molecule has 0 spiro atoms. The van der Waals surface area contributed by atoms with Crippen LogP contribution in [0.3, 0.4) is 0 Å². The van der Waals surface area contributed by atoms with Gasteiger partial charge < -0.3 is 10.6 Å². The van der Waals surface area contributed by atoms with Crippen LogP contribution in [0.25, 0.3) is 0 Å². The van der Waals surface area contributed by atoms with Gasteiger partial charge in [-0.1, -0.05) is 18.6 Å². The topological polar surface area (TPSA) is 46.3 Å². The van der Waals surface area contributed by atoms with Gasteiger partial charge in [-0.15, -0.1) is 13.2 Å². The van der Waals surface area contributed by atoms with Crippen LogP contribution in [0.5, 0.6) is 0 Å². The fourth-order valence-corrected chi connectivity index (χ4v) is 3.82. The number of carbonyl (C=O) groups is 1. The fourth-order valence-electron chi connectivity index (χ4n) is 3.82. The van der Waals surface area contributed by atoms with Gasteiger partial charge in [0.1, 0.15) is 0 Å². The van der Waals surface area contributed by atoms with Crippen molar-refractivity contribution < 1.29 is 4.79 Å². The number of amides is 1. The van der Waals surface area contributed by atoms with Gasteiger partial charge in [-0.05, 0) is 37.5 Å². The molecule has 106 valence electrons. The zero-order valence-electron chi connectivity index (χ0n) is 11.8. The summed E-state index contributed by atoms with van der Waals surface area (Å²) in [6.45, 7) is 8.69. The van der Waals surface area contributed by atoms with Crippen molar-refractivity contribution in [3.8, 4) is 0 Å². The van der Waals surface area contributed by atoms with E-state index in [0.29, 0.717) is 31.0 Å². The molecule has 0 aromatic rings. The van der Waals surface area contributed by atoms with Crippen LogP contribution in [0.4, 0.5) is 0 Å². The standard InChI is InChI=1S/C16H26N2O/c1-3-8-18(9-4-2)16(19)14-10-12-6-5-7-13(11-14)15(12)17/h3-4,12-15H,1-2,5-11,17H2. The molecule has 2 N–H and O–H groups in total. The van der Waals surface area contributed by atoms with Gasteiger partial charge in [0, 0.05) is 25.0 Å². The molecule has 2 unspecified atom stereocenters. The van der Waals surface area contributed by atoms with E-state index < -0.39 is 0 Å². The number of hydrogen-bond acceptors (Lipinski definition) is 2. The van der Waals surface area contributed by atoms with Crippen LogP contribution in [0.2, 0.25) is 0 Å². The van der Waals surface area contributed by atoms with E-state index >= 15 is 0 Å². The summed E-state index contributed by atoms with van der Waals surface area (Å²) in [5, 5.41) is 0. The fraction of sp³-hybridized carbons (Fsp3) is 0.688. The van der Waals surface area contributed by atoms with Crippen LogP contribution in [0.1, 0.15) is 32.1 Å². The molecule has 1 amide bonds. The Morgan fingerprint density at radius 2 is 1.68 bits per heavy atom. The monoisotopic (exact) mass is 262 g/mol. The lowest BCUT2D eigenvalue weighted by molar-refractivity contribution is -0.137. The number of hydrogen-bond donors (Lipinski definition) is 1. The molecule has 0 aromatic carbocycles. The zero-order chi connectivity index (χ0) is 13.8. The maximum atomic E-state index is 12.6. The second-order valence-corrected chi connectivity index (χ2v) is 6.02. The first kappa shape index (κ1) is 14.3. The van der Waals surface area contributed by atoms with Gasteiger partial charge in [0.05, 0.1) is 0 Å². The highest BCUT2D eigenvalue weighted by molar-refractivity contribution is 5.79. The molecule has 2 rings (SSSR count). The molecule has 3 heteroatoms. The molecule has 2 aliphatic rings. The van der Waals surface area contributed by atoms with Gasteiger partial charge in [0.25, 0.3) is 0 Å². The number of carbonyl (C=O) groups excluding carboxylic acids is 1. The summed E-state index contributed by atoms with van der Waals surface area (Å²) in [5.74, 6) is 1.53. The molecule has 19 heavy (non-hydrogen) atoms. The summed E-state index contributed by atoms with van der Waals surface area (Å²) >= 11 is 0. The van der Waals surface area contributed by atoms with E-state index in [9.17, 15) is 4.79 Å². The first-order chi connectivity index (χ1) is 9.17. The molecule has 0 aliphatic heterocycles. The maximum absolute atomic E-state index is 12.6. The van der Waals surface area contributed by atoms with E-state index in [1.165, 1.54) is 19.3 Å². The minimum atomic E-state index is 0.162. The van der Waals surface area contributed by atoms with Gasteiger partial charge >= 0.3 is 0 Å². The summed E-state index contributed by atoms with van der Waals surface area (Å²) in [4.78, 5) is 14.5. The molecular formula is C16H26N2O. The van der Waals surface area contributed by atoms with Crippen molar-refractivity contribution in [1.29, 1.82) is 0 Å². The van der Waals surface area contributed by atoms with E-state index in [1.54, 1.807) is 12.2 Å². The van der Waals surface area contributed by atoms with E-state index in [0.717, 1.165) is 12.8 Å². The van der Waals surface area contributed by atoms with Crippen molar-refractivity contribution >= 4 is 5.91 Å². The molecule has 0 aromatic heterocycles. The van der Waals surface area contributed by atoms with Crippen LogP contribution in [0.15, 0.2) is 25.3 Å². The molecule has 0 radical (unpaired) electrons. The van der Waals surface area contributed by atoms with E-state index in [-0.39, 0.29) is 11.8 Å². The third-order valence-electron chi connectivity index (χ3n) is 4.77. The summed E-state index contributed by atoms with van der Waals surface area (Å²) < 4.78 is 0. The zero-order valence-corrected chi connectivity index (χ0v) is 11.8. The average Bonchev–Trinajstić information content (AvgIpc) is 2.37. The molecule has 2 aliphatic carbocycles. The predicted octanol–water partition coefficient (Wildman–Crippen LogP) is 2.34. The van der Waals surface area contributed by atoms with Gasteiger partial charge in [0.2, 0.25) is 5.91 Å². The van der Waals surface area contributed by atoms with E-state index in [4.69, 9.17) is 5.73 Å². The van der Waals surface area contributed by atoms with Crippen LogP contribution in [-0.2, 0) is 4.79 Å². The highest BCUT2D eigenvalue weighted by atomic mass is 16.2. The summed E-state index contributed by atoms with van der Waals surface area (Å²) in [7, 11) is 0. The Balaban J connectivity index is 2.02. The quantitative estimate of drug-likeness (QED) is 0.773. The minimum absolute atomic E-state index is 0.162. The van der Waals surface area contributed by atoms with Crippen molar-refractivity contribution in [2.45, 2.75) is 38.1 Å². The smallest absolute Gasteiger partial charge is 0.226 e. The van der Waals surface area contributed by atoms with Crippen LogP contribution in [0, 0.1) is 17.8 Å². The maximum Gasteiger partial charge on any atom is 0.226 e. The number of nitrogens with two attached hydrogens (primary N) is 1. The normalized spacial score (nSPS) is 33.5. The van der Waals surface area contributed by atoms with Crippen molar-refractivity contribution in [3.63, 3.8) is 0 Å². The Labute approximate surface area is 116 Å². The van der Waals surface area contributed by atoms with Crippen LogP contribution < -0.4 is 5.73 Å². The number of rotatable bonds is 5. The molecule has 2 bridgehead atoms. The average molecular weight is 262 g/mol. The molecule has 0 saturated heterocycles. The third kappa shape index (κ3) is 3.08. The second-order valence-electron chi connectivity index (χ2n) is 6.02. The van der Waals surface area contributed by atoms with Crippen LogP contribution in [-0.4, -0.2) is 29.9 Å². The first-order valence-corrected chi connectivity index (χ1v) is 7.43. The Morgan fingerprint density at radius 3 is 2.16 bits per heavy atom. The molecule has 2 saturated carbocycles. The molecule has 0 heterocycles. The van der Waals surface area contributed by atoms with E-state index in [1.807, 2.05) is 4.90 Å². The highest BCUT2D eigenvalue weighted by Crippen LogP contribution is 2.42. The van der Waals surface area contributed by atoms with Gasteiger partial charge in [0.15, 0.2) is 0 Å². The second kappa shape index (κ2) is 6.38. The Kier molecular flexibility index (Phi) is 4.81. The van der Waals surface area contributed by atoms with Crippen LogP contribution >= 0.6 is 0 Å². The molecular weight excluding hydrogens is 236 g/mol. The molecule has 3 nitrogen and oxygen atoms in total. The third-order valence-corrected chi connectivity index (χ3v) is 4.77. The lowest BCUT2D eigenvalue weighted by Crippen LogP contribution is -2.49. The predicted molar refractivity (Wildman–Crippen MR) is 78.5 cm³/mol. The van der Waals surface area contributed by atoms with Gasteiger partial charge in [-0.3, -0.25) is 4.79 Å². The van der Waals surface area contributed by atoms with Crippen molar-refractivity contribution in [3.05, 3.63) is 25.3 Å². The van der Waals surface area contributed by atoms with Gasteiger partial charge in [-0.25, -0.2) is 0 Å². The Hall–Kier alpha value is -1.09. The van der Waals surface area contributed by atoms with Crippen molar-refractivity contribution in [2.75, 3.05) is 13.1 Å². The minimum Gasteiger partial charge on any atom is -0.335 e. The lowest BCUT2D eigenvalue weighted by atomic mass is 9.65. The molecule has 2 fully saturated rings. The summed E-state index contributed by atoms with van der Waals surface area (Å²) in [5.41, 5.74) is 6.28. The lowest BCUT2D eigenvalue weighted by Gasteiger charge is -2.44. The molecule has 2 atom stereocenters. The van der Waals surface area contributed by atoms with Crippen molar-refractivity contribution in [1.82, 2.24) is 4.90 Å². The number of nitrogens with zero attached hydrogens (tertiary/aromatic N) is 1. The van der Waals surface area contributed by atoms with E-state index in [2.05, 4.69) is 13.2 Å². The Bertz CT molecular complexity index is 329. The summed E-state index contributed by atoms with van der Waals surface area (Å²) in [6.07, 6.45) is 9.21. The Morgan fingerprint density at radius 1 is 1.16 bits per heavy atom. The first-order valence-electron chi connectivity index (χ1n) is 7.43. The highest BCUT2D eigenvalue weighted by Gasteiger charge is 2.41. The summed E-state index contributed by atoms with van der Waals surface area (Å²) in [6, 6.07) is 0.324.